The largest absolute Gasteiger partial charge is 0.497 e. The standard InChI is InChI=1S/C18H23N3O2/c1-14-8-9-18(20-19-14)21-10-4-5-15(12-21)13-23-17-7-3-6-16(11-17)22-2/h3,6-9,11,15H,4-5,10,12-13H2,1-2H3. The lowest BCUT2D eigenvalue weighted by Crippen LogP contribution is -2.38. The van der Waals surface area contributed by atoms with Gasteiger partial charge in [0, 0.05) is 25.1 Å². The van der Waals surface area contributed by atoms with Gasteiger partial charge >= 0.3 is 0 Å². The van der Waals surface area contributed by atoms with Crippen LogP contribution >= 0.6 is 0 Å². The van der Waals surface area contributed by atoms with Gasteiger partial charge in [0.05, 0.1) is 19.4 Å². The predicted molar refractivity (Wildman–Crippen MR) is 90.2 cm³/mol. The molecule has 1 fully saturated rings. The van der Waals surface area contributed by atoms with E-state index in [1.54, 1.807) is 7.11 Å². The molecule has 0 saturated carbocycles. The van der Waals surface area contributed by atoms with Gasteiger partial charge < -0.3 is 14.4 Å². The summed E-state index contributed by atoms with van der Waals surface area (Å²) < 4.78 is 11.2. The molecule has 1 saturated heterocycles. The van der Waals surface area contributed by atoms with Crippen molar-refractivity contribution in [3.8, 4) is 11.5 Å². The second-order valence-corrected chi connectivity index (χ2v) is 5.98. The first kappa shape index (κ1) is 15.6. The van der Waals surface area contributed by atoms with Gasteiger partial charge in [0.15, 0.2) is 5.82 Å². The third-order valence-electron chi connectivity index (χ3n) is 4.15. The molecule has 2 aromatic rings. The lowest BCUT2D eigenvalue weighted by molar-refractivity contribution is 0.227. The van der Waals surface area contributed by atoms with E-state index >= 15 is 0 Å². The van der Waals surface area contributed by atoms with Gasteiger partial charge in [-0.3, -0.25) is 0 Å². The third kappa shape index (κ3) is 4.12. The first-order valence-electron chi connectivity index (χ1n) is 8.07. The molecule has 1 aromatic heterocycles. The molecule has 0 amide bonds. The lowest BCUT2D eigenvalue weighted by atomic mass is 9.99. The summed E-state index contributed by atoms with van der Waals surface area (Å²) in [6, 6.07) is 11.8. The lowest BCUT2D eigenvalue weighted by Gasteiger charge is -2.33. The summed E-state index contributed by atoms with van der Waals surface area (Å²) in [5.41, 5.74) is 0.948. The Morgan fingerprint density at radius 2 is 2.04 bits per heavy atom. The van der Waals surface area contributed by atoms with Crippen LogP contribution < -0.4 is 14.4 Å². The first-order valence-corrected chi connectivity index (χ1v) is 8.07. The molecule has 1 aliphatic rings. The van der Waals surface area contributed by atoms with E-state index in [0.29, 0.717) is 12.5 Å². The molecule has 0 radical (unpaired) electrons. The van der Waals surface area contributed by atoms with Crippen LogP contribution in [-0.2, 0) is 0 Å². The van der Waals surface area contributed by atoms with Crippen molar-refractivity contribution in [2.24, 2.45) is 5.92 Å². The fourth-order valence-corrected chi connectivity index (χ4v) is 2.87. The molecule has 122 valence electrons. The topological polar surface area (TPSA) is 47.5 Å². The average Bonchev–Trinajstić information content (AvgIpc) is 2.61. The molecule has 1 atom stereocenters. The van der Waals surface area contributed by atoms with Crippen molar-refractivity contribution in [2.75, 3.05) is 31.7 Å². The van der Waals surface area contributed by atoms with Gasteiger partial charge in [-0.1, -0.05) is 6.07 Å². The summed E-state index contributed by atoms with van der Waals surface area (Å²) >= 11 is 0. The minimum absolute atomic E-state index is 0.498. The van der Waals surface area contributed by atoms with Gasteiger partial charge in [-0.25, -0.2) is 0 Å². The van der Waals surface area contributed by atoms with Crippen molar-refractivity contribution in [3.63, 3.8) is 0 Å². The summed E-state index contributed by atoms with van der Waals surface area (Å²) in [6.07, 6.45) is 2.33. The number of hydrogen-bond acceptors (Lipinski definition) is 5. The zero-order chi connectivity index (χ0) is 16.1. The van der Waals surface area contributed by atoms with Crippen molar-refractivity contribution in [1.29, 1.82) is 0 Å². The fraction of sp³-hybridized carbons (Fsp3) is 0.444. The second kappa shape index (κ2) is 7.31. The van der Waals surface area contributed by atoms with Gasteiger partial charge in [0.1, 0.15) is 11.5 Å². The highest BCUT2D eigenvalue weighted by molar-refractivity contribution is 5.38. The van der Waals surface area contributed by atoms with Crippen LogP contribution in [0.1, 0.15) is 18.5 Å². The Morgan fingerprint density at radius 1 is 1.17 bits per heavy atom. The number of aromatic nitrogens is 2. The van der Waals surface area contributed by atoms with E-state index in [2.05, 4.69) is 15.1 Å². The highest BCUT2D eigenvalue weighted by Crippen LogP contribution is 2.24. The Bertz CT molecular complexity index is 630. The molecule has 1 unspecified atom stereocenters. The van der Waals surface area contributed by atoms with Crippen LogP contribution in [0.4, 0.5) is 5.82 Å². The normalized spacial score (nSPS) is 17.8. The number of nitrogens with zero attached hydrogens (tertiary/aromatic N) is 3. The number of ether oxygens (including phenoxy) is 2. The minimum Gasteiger partial charge on any atom is -0.497 e. The van der Waals surface area contributed by atoms with Crippen LogP contribution in [0.3, 0.4) is 0 Å². The number of aryl methyl sites for hydroxylation is 1. The zero-order valence-corrected chi connectivity index (χ0v) is 13.7. The second-order valence-electron chi connectivity index (χ2n) is 5.98. The van der Waals surface area contributed by atoms with Crippen molar-refractivity contribution in [2.45, 2.75) is 19.8 Å². The minimum atomic E-state index is 0.498. The molecule has 5 heteroatoms. The maximum atomic E-state index is 5.95. The molecular weight excluding hydrogens is 290 g/mol. The molecular formula is C18H23N3O2. The van der Waals surface area contributed by atoms with E-state index in [0.717, 1.165) is 42.5 Å². The Balaban J connectivity index is 1.57. The van der Waals surface area contributed by atoms with Gasteiger partial charge in [0.2, 0.25) is 0 Å². The SMILES string of the molecule is COc1cccc(OCC2CCCN(c3ccc(C)nn3)C2)c1. The summed E-state index contributed by atoms with van der Waals surface area (Å²) in [4.78, 5) is 2.30. The molecule has 1 aromatic carbocycles. The number of anilines is 1. The third-order valence-corrected chi connectivity index (χ3v) is 4.15. The van der Waals surface area contributed by atoms with Crippen LogP contribution in [-0.4, -0.2) is 37.0 Å². The average molecular weight is 313 g/mol. The number of benzene rings is 1. The molecule has 1 aliphatic heterocycles. The summed E-state index contributed by atoms with van der Waals surface area (Å²) in [6.45, 7) is 4.66. The molecule has 3 rings (SSSR count). The number of methoxy groups -OCH3 is 1. The zero-order valence-electron chi connectivity index (χ0n) is 13.7. The quantitative estimate of drug-likeness (QED) is 0.849. The number of rotatable bonds is 5. The number of piperidine rings is 1. The highest BCUT2D eigenvalue weighted by atomic mass is 16.5. The fourth-order valence-electron chi connectivity index (χ4n) is 2.87. The molecule has 0 aliphatic carbocycles. The van der Waals surface area contributed by atoms with Crippen molar-refractivity contribution < 1.29 is 9.47 Å². The maximum absolute atomic E-state index is 5.95. The molecule has 23 heavy (non-hydrogen) atoms. The van der Waals surface area contributed by atoms with Crippen LogP contribution in [0.15, 0.2) is 36.4 Å². The molecule has 0 spiro atoms. The van der Waals surface area contributed by atoms with Gasteiger partial charge in [-0.15, -0.1) is 5.10 Å². The van der Waals surface area contributed by atoms with E-state index in [4.69, 9.17) is 9.47 Å². The highest BCUT2D eigenvalue weighted by Gasteiger charge is 2.21. The Hall–Kier alpha value is -2.30. The number of hydrogen-bond donors (Lipinski definition) is 0. The summed E-state index contributed by atoms with van der Waals surface area (Å²) in [7, 11) is 1.67. The van der Waals surface area contributed by atoms with E-state index in [-0.39, 0.29) is 0 Å². The summed E-state index contributed by atoms with van der Waals surface area (Å²) in [5.74, 6) is 3.14. The van der Waals surface area contributed by atoms with Gasteiger partial charge in [-0.05, 0) is 44.0 Å². The maximum Gasteiger partial charge on any atom is 0.151 e. The molecule has 0 N–H and O–H groups in total. The van der Waals surface area contributed by atoms with Gasteiger partial charge in [0.25, 0.3) is 0 Å². The van der Waals surface area contributed by atoms with Crippen LogP contribution in [0, 0.1) is 12.8 Å². The smallest absolute Gasteiger partial charge is 0.151 e. The van der Waals surface area contributed by atoms with E-state index in [1.807, 2.05) is 43.3 Å². The molecule has 2 heterocycles. The van der Waals surface area contributed by atoms with Crippen LogP contribution in [0.2, 0.25) is 0 Å². The van der Waals surface area contributed by atoms with E-state index < -0.39 is 0 Å². The van der Waals surface area contributed by atoms with Crippen LogP contribution in [0.5, 0.6) is 11.5 Å². The van der Waals surface area contributed by atoms with E-state index in [1.165, 1.54) is 6.42 Å². The predicted octanol–water partition coefficient (Wildman–Crippen LogP) is 3.09. The Kier molecular flexibility index (Phi) is 4.95. The van der Waals surface area contributed by atoms with Crippen molar-refractivity contribution in [3.05, 3.63) is 42.1 Å². The molecule has 0 bridgehead atoms. The Morgan fingerprint density at radius 3 is 2.83 bits per heavy atom. The van der Waals surface area contributed by atoms with Crippen molar-refractivity contribution >= 4 is 5.82 Å². The monoisotopic (exact) mass is 313 g/mol. The van der Waals surface area contributed by atoms with Crippen LogP contribution in [0.25, 0.3) is 0 Å². The van der Waals surface area contributed by atoms with Crippen molar-refractivity contribution in [1.82, 2.24) is 10.2 Å². The Labute approximate surface area is 137 Å². The molecule has 5 nitrogen and oxygen atoms in total. The van der Waals surface area contributed by atoms with Gasteiger partial charge in [-0.2, -0.15) is 5.10 Å². The van der Waals surface area contributed by atoms with E-state index in [9.17, 15) is 0 Å². The first-order chi connectivity index (χ1) is 11.2. The summed E-state index contributed by atoms with van der Waals surface area (Å²) in [5, 5.41) is 8.45.